The first-order chi connectivity index (χ1) is 8.58. The van der Waals surface area contributed by atoms with Gasteiger partial charge in [0, 0.05) is 19.0 Å². The van der Waals surface area contributed by atoms with Gasteiger partial charge in [-0.2, -0.15) is 0 Å². The third-order valence-electron chi connectivity index (χ3n) is 2.45. The lowest BCUT2D eigenvalue weighted by Crippen LogP contribution is -2.24. The van der Waals surface area contributed by atoms with E-state index in [2.05, 4.69) is 34.7 Å². The molecule has 0 unspecified atom stereocenters. The molecule has 2 aromatic heterocycles. The van der Waals surface area contributed by atoms with Gasteiger partial charge in [0.1, 0.15) is 5.01 Å². The number of halogens is 1. The average molecular weight is 302 g/mol. The molecule has 0 radical (unpaired) electrons. The summed E-state index contributed by atoms with van der Waals surface area (Å²) in [4.78, 5) is 1.04. The predicted octanol–water partition coefficient (Wildman–Crippen LogP) is 3.77. The SMILES string of the molecule is Cc1csc(-c2nnc(CCNC(C)C)s2)c1Cl. The van der Waals surface area contributed by atoms with Crippen LogP contribution in [0.1, 0.15) is 24.4 Å². The Balaban J connectivity index is 2.04. The third kappa shape index (κ3) is 3.29. The molecule has 2 heterocycles. The minimum atomic E-state index is 0.506. The third-order valence-corrected chi connectivity index (χ3v) is 5.29. The summed E-state index contributed by atoms with van der Waals surface area (Å²) in [7, 11) is 0. The van der Waals surface area contributed by atoms with Crippen molar-refractivity contribution in [2.24, 2.45) is 0 Å². The first kappa shape index (κ1) is 13.9. The number of hydrogen-bond donors (Lipinski definition) is 1. The zero-order valence-electron chi connectivity index (χ0n) is 10.7. The van der Waals surface area contributed by atoms with Gasteiger partial charge in [0.2, 0.25) is 0 Å². The van der Waals surface area contributed by atoms with Crippen molar-refractivity contribution in [2.75, 3.05) is 6.54 Å². The van der Waals surface area contributed by atoms with Crippen LogP contribution in [0.15, 0.2) is 5.38 Å². The number of hydrogen-bond acceptors (Lipinski definition) is 5. The molecule has 0 aliphatic rings. The van der Waals surface area contributed by atoms with Crippen LogP contribution in [0.4, 0.5) is 0 Å². The zero-order chi connectivity index (χ0) is 13.1. The van der Waals surface area contributed by atoms with Gasteiger partial charge in [0.15, 0.2) is 5.01 Å². The number of aryl methyl sites for hydroxylation is 1. The molecule has 18 heavy (non-hydrogen) atoms. The second-order valence-electron chi connectivity index (χ2n) is 4.42. The lowest BCUT2D eigenvalue weighted by molar-refractivity contribution is 0.588. The fourth-order valence-corrected chi connectivity index (χ4v) is 3.76. The normalized spacial score (nSPS) is 11.4. The van der Waals surface area contributed by atoms with E-state index in [4.69, 9.17) is 11.6 Å². The lowest BCUT2D eigenvalue weighted by Gasteiger charge is -2.04. The molecule has 0 spiro atoms. The van der Waals surface area contributed by atoms with E-state index < -0.39 is 0 Å². The van der Waals surface area contributed by atoms with Crippen LogP contribution in [0.5, 0.6) is 0 Å². The number of thiophene rings is 1. The Hall–Kier alpha value is -0.490. The van der Waals surface area contributed by atoms with Gasteiger partial charge in [0.05, 0.1) is 9.90 Å². The Labute approximate surface area is 120 Å². The van der Waals surface area contributed by atoms with Crippen LogP contribution in [0.25, 0.3) is 9.88 Å². The predicted molar refractivity (Wildman–Crippen MR) is 79.8 cm³/mol. The van der Waals surface area contributed by atoms with Crippen molar-refractivity contribution in [3.63, 3.8) is 0 Å². The summed E-state index contributed by atoms with van der Waals surface area (Å²) in [6, 6.07) is 0.506. The fraction of sp³-hybridized carbons (Fsp3) is 0.500. The summed E-state index contributed by atoms with van der Waals surface area (Å²) < 4.78 is 0. The minimum Gasteiger partial charge on any atom is -0.314 e. The Morgan fingerprint density at radius 1 is 1.39 bits per heavy atom. The maximum Gasteiger partial charge on any atom is 0.159 e. The molecule has 0 amide bonds. The lowest BCUT2D eigenvalue weighted by atomic mass is 10.3. The minimum absolute atomic E-state index is 0.506. The number of nitrogens with zero attached hydrogens (tertiary/aromatic N) is 2. The van der Waals surface area contributed by atoms with E-state index in [0.29, 0.717) is 6.04 Å². The summed E-state index contributed by atoms with van der Waals surface area (Å²) in [5.74, 6) is 0. The molecular weight excluding hydrogens is 286 g/mol. The molecule has 0 bridgehead atoms. The Kier molecular flexibility index (Phi) is 4.72. The molecule has 0 aliphatic carbocycles. The van der Waals surface area contributed by atoms with Crippen molar-refractivity contribution in [1.82, 2.24) is 15.5 Å². The van der Waals surface area contributed by atoms with E-state index in [9.17, 15) is 0 Å². The molecule has 6 heteroatoms. The van der Waals surface area contributed by atoms with Crippen molar-refractivity contribution in [3.8, 4) is 9.88 Å². The molecule has 0 aromatic carbocycles. The molecule has 2 aromatic rings. The van der Waals surface area contributed by atoms with Gasteiger partial charge in [-0.3, -0.25) is 0 Å². The molecule has 2 rings (SSSR count). The molecule has 0 saturated heterocycles. The highest BCUT2D eigenvalue weighted by atomic mass is 35.5. The summed E-state index contributed by atoms with van der Waals surface area (Å²) in [5, 5.41) is 16.7. The summed E-state index contributed by atoms with van der Waals surface area (Å²) >= 11 is 9.50. The largest absolute Gasteiger partial charge is 0.314 e. The van der Waals surface area contributed by atoms with Gasteiger partial charge >= 0.3 is 0 Å². The topological polar surface area (TPSA) is 37.8 Å². The fourth-order valence-electron chi connectivity index (χ4n) is 1.49. The van der Waals surface area contributed by atoms with E-state index in [0.717, 1.165) is 38.4 Å². The summed E-state index contributed by atoms with van der Waals surface area (Å²) in [6.45, 7) is 7.22. The molecular formula is C12H16ClN3S2. The summed E-state index contributed by atoms with van der Waals surface area (Å²) in [6.07, 6.45) is 0.915. The highest BCUT2D eigenvalue weighted by molar-refractivity contribution is 7.21. The van der Waals surface area contributed by atoms with E-state index in [1.54, 1.807) is 22.7 Å². The van der Waals surface area contributed by atoms with Gasteiger partial charge < -0.3 is 5.32 Å². The second kappa shape index (κ2) is 6.10. The van der Waals surface area contributed by atoms with Gasteiger partial charge in [0.25, 0.3) is 0 Å². The van der Waals surface area contributed by atoms with E-state index in [-0.39, 0.29) is 0 Å². The number of aromatic nitrogens is 2. The van der Waals surface area contributed by atoms with Gasteiger partial charge in [-0.15, -0.1) is 21.5 Å². The van der Waals surface area contributed by atoms with Crippen molar-refractivity contribution < 1.29 is 0 Å². The molecule has 1 N–H and O–H groups in total. The second-order valence-corrected chi connectivity index (χ2v) is 6.74. The molecule has 0 atom stereocenters. The molecule has 0 fully saturated rings. The monoisotopic (exact) mass is 301 g/mol. The van der Waals surface area contributed by atoms with Crippen molar-refractivity contribution in [3.05, 3.63) is 21.0 Å². The Morgan fingerprint density at radius 2 is 2.17 bits per heavy atom. The number of rotatable bonds is 5. The first-order valence-electron chi connectivity index (χ1n) is 5.87. The maximum atomic E-state index is 6.24. The van der Waals surface area contributed by atoms with Crippen LogP contribution < -0.4 is 5.32 Å². The molecule has 3 nitrogen and oxygen atoms in total. The van der Waals surface area contributed by atoms with Crippen LogP contribution in [-0.4, -0.2) is 22.8 Å². The van der Waals surface area contributed by atoms with Crippen molar-refractivity contribution in [2.45, 2.75) is 33.2 Å². The highest BCUT2D eigenvalue weighted by Gasteiger charge is 2.13. The Bertz CT molecular complexity index is 519. The van der Waals surface area contributed by atoms with Crippen LogP contribution in [0.3, 0.4) is 0 Å². The first-order valence-corrected chi connectivity index (χ1v) is 7.95. The standard InChI is InChI=1S/C12H16ClN3S2/c1-7(2)14-5-4-9-15-16-12(18-9)11-10(13)8(3)6-17-11/h6-7,14H,4-5H2,1-3H3. The highest BCUT2D eigenvalue weighted by Crippen LogP contribution is 2.37. The quantitative estimate of drug-likeness (QED) is 0.913. The van der Waals surface area contributed by atoms with Crippen LogP contribution in [-0.2, 0) is 6.42 Å². The van der Waals surface area contributed by atoms with E-state index in [1.165, 1.54) is 0 Å². The van der Waals surface area contributed by atoms with E-state index in [1.807, 2.05) is 6.92 Å². The van der Waals surface area contributed by atoms with Crippen molar-refractivity contribution in [1.29, 1.82) is 0 Å². The van der Waals surface area contributed by atoms with Gasteiger partial charge in [-0.05, 0) is 17.9 Å². The Morgan fingerprint density at radius 3 is 2.78 bits per heavy atom. The van der Waals surface area contributed by atoms with Gasteiger partial charge in [-0.25, -0.2) is 0 Å². The van der Waals surface area contributed by atoms with E-state index >= 15 is 0 Å². The van der Waals surface area contributed by atoms with Gasteiger partial charge in [-0.1, -0.05) is 36.8 Å². The molecule has 0 aliphatic heterocycles. The zero-order valence-corrected chi connectivity index (χ0v) is 13.0. The number of nitrogens with one attached hydrogen (secondary N) is 1. The summed E-state index contributed by atoms with van der Waals surface area (Å²) in [5.41, 5.74) is 1.11. The molecule has 0 saturated carbocycles. The van der Waals surface area contributed by atoms with Crippen LogP contribution >= 0.6 is 34.3 Å². The molecule has 98 valence electrons. The van der Waals surface area contributed by atoms with Crippen LogP contribution in [0, 0.1) is 6.92 Å². The maximum absolute atomic E-state index is 6.24. The van der Waals surface area contributed by atoms with Crippen LogP contribution in [0.2, 0.25) is 5.02 Å². The average Bonchev–Trinajstić information content (AvgIpc) is 2.88. The van der Waals surface area contributed by atoms with Crippen molar-refractivity contribution >= 4 is 34.3 Å². The smallest absolute Gasteiger partial charge is 0.159 e.